The quantitative estimate of drug-likeness (QED) is 0.804. The molecule has 138 valence electrons. The Morgan fingerprint density at radius 2 is 1.77 bits per heavy atom. The van der Waals surface area contributed by atoms with E-state index in [1.165, 1.54) is 53.9 Å². The largest absolute Gasteiger partial charge is 0.494 e. The van der Waals surface area contributed by atoms with Crippen LogP contribution in [-0.2, 0) is 12.8 Å². The van der Waals surface area contributed by atoms with Gasteiger partial charge >= 0.3 is 0 Å². The maximum absolute atomic E-state index is 13.7. The summed E-state index contributed by atoms with van der Waals surface area (Å²) in [4.78, 5) is 26.3. The molecule has 0 aliphatic heterocycles. The molecule has 1 heterocycles. The molecule has 5 nitrogen and oxygen atoms in total. The van der Waals surface area contributed by atoms with E-state index in [0.29, 0.717) is 4.88 Å². The summed E-state index contributed by atoms with van der Waals surface area (Å²) in [5.41, 5.74) is 6.07. The summed E-state index contributed by atoms with van der Waals surface area (Å²) in [5.74, 6) is -1.52. The van der Waals surface area contributed by atoms with Crippen molar-refractivity contribution in [1.29, 1.82) is 0 Å². The van der Waals surface area contributed by atoms with Gasteiger partial charge in [0, 0.05) is 10.4 Å². The van der Waals surface area contributed by atoms with E-state index in [9.17, 15) is 14.0 Å². The van der Waals surface area contributed by atoms with Crippen LogP contribution in [0.2, 0.25) is 0 Å². The Morgan fingerprint density at radius 1 is 1.04 bits per heavy atom. The number of aryl methyl sites for hydroxylation is 2. The van der Waals surface area contributed by atoms with Crippen LogP contribution >= 0.6 is 11.3 Å². The Labute approximate surface area is 155 Å². The summed E-state index contributed by atoms with van der Waals surface area (Å²) in [6.45, 7) is 0. The molecule has 1 aromatic carbocycles. The van der Waals surface area contributed by atoms with Crippen molar-refractivity contribution in [2.75, 3.05) is 7.11 Å². The number of benzene rings is 1. The predicted molar refractivity (Wildman–Crippen MR) is 98.1 cm³/mol. The molecule has 1 aliphatic carbocycles. The van der Waals surface area contributed by atoms with Crippen molar-refractivity contribution in [3.05, 3.63) is 51.0 Å². The molecular formula is C19H21FN2O3S. The van der Waals surface area contributed by atoms with Gasteiger partial charge < -0.3 is 4.74 Å². The van der Waals surface area contributed by atoms with E-state index in [2.05, 4.69) is 10.9 Å². The van der Waals surface area contributed by atoms with Crippen molar-refractivity contribution in [2.45, 2.75) is 38.5 Å². The molecule has 0 saturated heterocycles. The van der Waals surface area contributed by atoms with Crippen LogP contribution in [0.25, 0.3) is 0 Å². The normalized spacial score (nSPS) is 13.9. The Bertz CT molecular complexity index is 794. The second kappa shape index (κ2) is 8.31. The summed E-state index contributed by atoms with van der Waals surface area (Å²) in [5, 5.41) is 0. The van der Waals surface area contributed by atoms with E-state index in [4.69, 9.17) is 4.74 Å². The summed E-state index contributed by atoms with van der Waals surface area (Å²) in [6, 6.07) is 5.78. The molecule has 0 unspecified atom stereocenters. The molecule has 26 heavy (non-hydrogen) atoms. The Hall–Kier alpha value is -2.41. The number of carbonyl (C=O) groups excluding carboxylic acids is 2. The third-order valence-corrected chi connectivity index (χ3v) is 5.66. The van der Waals surface area contributed by atoms with Gasteiger partial charge in [-0.05, 0) is 55.5 Å². The van der Waals surface area contributed by atoms with Crippen LogP contribution in [0.3, 0.4) is 0 Å². The molecular weight excluding hydrogens is 355 g/mol. The first-order valence-electron chi connectivity index (χ1n) is 8.64. The van der Waals surface area contributed by atoms with Crippen molar-refractivity contribution in [1.82, 2.24) is 10.9 Å². The number of hydrogen-bond donors (Lipinski definition) is 2. The van der Waals surface area contributed by atoms with Crippen LogP contribution in [0.5, 0.6) is 5.75 Å². The Morgan fingerprint density at radius 3 is 2.50 bits per heavy atom. The van der Waals surface area contributed by atoms with Gasteiger partial charge in [0.2, 0.25) is 0 Å². The zero-order valence-corrected chi connectivity index (χ0v) is 15.4. The number of fused-ring (bicyclic) bond motifs is 1. The van der Waals surface area contributed by atoms with Crippen molar-refractivity contribution in [3.8, 4) is 5.75 Å². The average molecular weight is 376 g/mol. The highest BCUT2D eigenvalue weighted by molar-refractivity contribution is 7.14. The molecule has 2 aromatic rings. The topological polar surface area (TPSA) is 67.4 Å². The van der Waals surface area contributed by atoms with Crippen LogP contribution < -0.4 is 15.6 Å². The highest BCUT2D eigenvalue weighted by Crippen LogP contribution is 2.28. The van der Waals surface area contributed by atoms with Crippen LogP contribution in [0.4, 0.5) is 4.39 Å². The first-order chi connectivity index (χ1) is 12.6. The molecule has 0 radical (unpaired) electrons. The molecule has 2 amide bonds. The smallest absolute Gasteiger partial charge is 0.279 e. The van der Waals surface area contributed by atoms with Crippen molar-refractivity contribution >= 4 is 23.2 Å². The summed E-state index contributed by atoms with van der Waals surface area (Å²) >= 11 is 1.48. The van der Waals surface area contributed by atoms with Gasteiger partial charge in [-0.3, -0.25) is 20.4 Å². The summed E-state index contributed by atoms with van der Waals surface area (Å²) in [6.07, 6.45) is 6.75. The lowest BCUT2D eigenvalue weighted by Gasteiger charge is -2.07. The number of ether oxygens (including phenoxy) is 1. The fourth-order valence-corrected chi connectivity index (χ4v) is 4.16. The average Bonchev–Trinajstić information content (AvgIpc) is 3.01. The number of amides is 2. The molecule has 0 spiro atoms. The highest BCUT2D eigenvalue weighted by atomic mass is 32.1. The number of nitrogens with one attached hydrogen (secondary N) is 2. The standard InChI is InChI=1S/C19H21FN2O3S/c1-25-15-9-8-13(10-14(15)20)18(23)21-22-19(24)17-11-12-6-4-2-3-5-7-16(12)26-17/h8-11H,2-7H2,1H3,(H,21,23)(H,22,24). The Kier molecular flexibility index (Phi) is 5.88. The van der Waals surface area contributed by atoms with E-state index in [-0.39, 0.29) is 17.2 Å². The highest BCUT2D eigenvalue weighted by Gasteiger charge is 2.17. The maximum atomic E-state index is 13.7. The maximum Gasteiger partial charge on any atom is 0.279 e. The SMILES string of the molecule is COc1ccc(C(=O)NNC(=O)c2cc3c(s2)CCCCCC3)cc1F. The summed E-state index contributed by atoms with van der Waals surface area (Å²) < 4.78 is 18.5. The van der Waals surface area contributed by atoms with Crippen LogP contribution in [0.1, 0.15) is 56.2 Å². The molecule has 1 aliphatic rings. The zero-order chi connectivity index (χ0) is 18.5. The monoisotopic (exact) mass is 376 g/mol. The predicted octanol–water partition coefficient (Wildman–Crippen LogP) is 3.63. The first kappa shape index (κ1) is 18.4. The minimum Gasteiger partial charge on any atom is -0.494 e. The van der Waals surface area contributed by atoms with Gasteiger partial charge in [0.25, 0.3) is 11.8 Å². The molecule has 0 atom stereocenters. The lowest BCUT2D eigenvalue weighted by Crippen LogP contribution is -2.41. The van der Waals surface area contributed by atoms with Gasteiger partial charge in [0.15, 0.2) is 11.6 Å². The van der Waals surface area contributed by atoms with Gasteiger partial charge in [-0.1, -0.05) is 12.8 Å². The van der Waals surface area contributed by atoms with E-state index in [0.717, 1.165) is 31.7 Å². The number of hydrogen-bond acceptors (Lipinski definition) is 4. The number of carbonyl (C=O) groups is 2. The fraction of sp³-hybridized carbons (Fsp3) is 0.368. The number of halogens is 1. The van der Waals surface area contributed by atoms with Gasteiger partial charge in [0.05, 0.1) is 12.0 Å². The summed E-state index contributed by atoms with van der Waals surface area (Å²) in [7, 11) is 1.35. The van der Waals surface area contributed by atoms with E-state index < -0.39 is 11.7 Å². The molecule has 2 N–H and O–H groups in total. The zero-order valence-electron chi connectivity index (χ0n) is 14.6. The second-order valence-electron chi connectivity index (χ2n) is 6.23. The van der Waals surface area contributed by atoms with Crippen LogP contribution in [0, 0.1) is 5.82 Å². The molecule has 3 rings (SSSR count). The third kappa shape index (κ3) is 4.22. The molecule has 0 bridgehead atoms. The number of thiophene rings is 1. The fourth-order valence-electron chi connectivity index (χ4n) is 3.01. The van der Waals surface area contributed by atoms with E-state index in [1.807, 2.05) is 6.07 Å². The van der Waals surface area contributed by atoms with Gasteiger partial charge in [-0.15, -0.1) is 11.3 Å². The first-order valence-corrected chi connectivity index (χ1v) is 9.46. The molecule has 1 aromatic heterocycles. The van der Waals surface area contributed by atoms with E-state index in [1.54, 1.807) is 0 Å². The Balaban J connectivity index is 1.62. The number of methoxy groups -OCH3 is 1. The van der Waals surface area contributed by atoms with Crippen molar-refractivity contribution in [3.63, 3.8) is 0 Å². The molecule has 0 saturated carbocycles. The van der Waals surface area contributed by atoms with Crippen LogP contribution in [0.15, 0.2) is 24.3 Å². The van der Waals surface area contributed by atoms with Gasteiger partial charge in [-0.2, -0.15) is 0 Å². The van der Waals surface area contributed by atoms with Crippen molar-refractivity contribution in [2.24, 2.45) is 0 Å². The second-order valence-corrected chi connectivity index (χ2v) is 7.37. The lowest BCUT2D eigenvalue weighted by molar-refractivity contribution is 0.0848. The lowest BCUT2D eigenvalue weighted by atomic mass is 10.00. The third-order valence-electron chi connectivity index (χ3n) is 4.42. The van der Waals surface area contributed by atoms with Gasteiger partial charge in [0.1, 0.15) is 0 Å². The minimum atomic E-state index is -0.635. The van der Waals surface area contributed by atoms with E-state index >= 15 is 0 Å². The van der Waals surface area contributed by atoms with Crippen LogP contribution in [-0.4, -0.2) is 18.9 Å². The number of hydrazine groups is 1. The number of rotatable bonds is 3. The molecule has 7 heteroatoms. The van der Waals surface area contributed by atoms with Crippen molar-refractivity contribution < 1.29 is 18.7 Å². The molecule has 0 fully saturated rings. The minimum absolute atomic E-state index is 0.0570. The van der Waals surface area contributed by atoms with Gasteiger partial charge in [-0.25, -0.2) is 4.39 Å².